The van der Waals surface area contributed by atoms with E-state index in [1.54, 1.807) is 6.92 Å². The number of rotatable bonds is 7. The van der Waals surface area contributed by atoms with Crippen molar-refractivity contribution in [2.45, 2.75) is 51.1 Å². The van der Waals surface area contributed by atoms with Gasteiger partial charge in [-0.25, -0.2) is 17.5 Å². The molecule has 0 aliphatic carbocycles. The summed E-state index contributed by atoms with van der Waals surface area (Å²) < 4.78 is 40.9. The van der Waals surface area contributed by atoms with Crippen LogP contribution in [0.1, 0.15) is 39.2 Å². The van der Waals surface area contributed by atoms with Crippen LogP contribution in [0.3, 0.4) is 0 Å². The first-order valence-electron chi connectivity index (χ1n) is 6.86. The molecule has 0 aromatic heterocycles. The van der Waals surface area contributed by atoms with E-state index in [2.05, 4.69) is 4.72 Å². The zero-order valence-corrected chi connectivity index (χ0v) is 13.0. The van der Waals surface area contributed by atoms with Crippen molar-refractivity contribution in [3.05, 3.63) is 29.6 Å². The number of sulfonamides is 1. The van der Waals surface area contributed by atoms with E-state index >= 15 is 0 Å². The molecule has 0 amide bonds. The lowest BCUT2D eigenvalue weighted by molar-refractivity contribution is 0.390. The number of nitrogens with two attached hydrogens (primary N) is 1. The average molecular weight is 302 g/mol. The van der Waals surface area contributed by atoms with Crippen molar-refractivity contribution in [2.75, 3.05) is 0 Å². The van der Waals surface area contributed by atoms with Gasteiger partial charge in [0.25, 0.3) is 0 Å². The van der Waals surface area contributed by atoms with Crippen LogP contribution < -0.4 is 10.5 Å². The lowest BCUT2D eigenvalue weighted by Crippen LogP contribution is -2.38. The first-order chi connectivity index (χ1) is 9.35. The van der Waals surface area contributed by atoms with Crippen LogP contribution in [0.15, 0.2) is 23.1 Å². The van der Waals surface area contributed by atoms with Crippen LogP contribution in [0.2, 0.25) is 0 Å². The number of hydrogen-bond donors (Lipinski definition) is 2. The van der Waals surface area contributed by atoms with Gasteiger partial charge < -0.3 is 5.73 Å². The van der Waals surface area contributed by atoms with Crippen molar-refractivity contribution in [3.63, 3.8) is 0 Å². The average Bonchev–Trinajstić information content (AvgIpc) is 2.39. The Kier molecular flexibility index (Phi) is 6.10. The summed E-state index contributed by atoms with van der Waals surface area (Å²) in [6.45, 7) is 5.99. The van der Waals surface area contributed by atoms with Gasteiger partial charge in [-0.1, -0.05) is 32.8 Å². The van der Waals surface area contributed by atoms with Crippen molar-refractivity contribution in [2.24, 2.45) is 11.7 Å². The molecular formula is C14H23FN2O2S. The largest absolute Gasteiger partial charge is 0.326 e. The molecule has 6 heteroatoms. The van der Waals surface area contributed by atoms with Crippen LogP contribution in [0.4, 0.5) is 4.39 Å². The second-order valence-corrected chi connectivity index (χ2v) is 6.64. The summed E-state index contributed by atoms with van der Waals surface area (Å²) in [5.41, 5.74) is 6.05. The molecule has 0 spiro atoms. The van der Waals surface area contributed by atoms with E-state index in [0.29, 0.717) is 5.56 Å². The van der Waals surface area contributed by atoms with Gasteiger partial charge in [-0.05, 0) is 30.5 Å². The highest BCUT2D eigenvalue weighted by Crippen LogP contribution is 2.19. The minimum Gasteiger partial charge on any atom is -0.326 e. The van der Waals surface area contributed by atoms with Gasteiger partial charge in [0, 0.05) is 12.6 Å². The molecule has 0 heterocycles. The third-order valence-corrected chi connectivity index (χ3v) is 5.19. The second-order valence-electron chi connectivity index (χ2n) is 4.96. The number of halogens is 1. The fraction of sp³-hybridized carbons (Fsp3) is 0.571. The zero-order valence-electron chi connectivity index (χ0n) is 12.2. The van der Waals surface area contributed by atoms with Crippen LogP contribution in [-0.2, 0) is 16.6 Å². The van der Waals surface area contributed by atoms with E-state index in [-0.39, 0.29) is 23.4 Å². The van der Waals surface area contributed by atoms with E-state index in [0.717, 1.165) is 18.9 Å². The van der Waals surface area contributed by atoms with Gasteiger partial charge in [0.15, 0.2) is 0 Å². The van der Waals surface area contributed by atoms with E-state index in [1.807, 2.05) is 13.8 Å². The highest BCUT2D eigenvalue weighted by molar-refractivity contribution is 7.89. The molecule has 20 heavy (non-hydrogen) atoms. The fourth-order valence-electron chi connectivity index (χ4n) is 2.28. The van der Waals surface area contributed by atoms with Crippen LogP contribution >= 0.6 is 0 Å². The molecule has 0 saturated heterocycles. The Balaban J connectivity index is 3.05. The van der Waals surface area contributed by atoms with Crippen LogP contribution in [-0.4, -0.2) is 14.5 Å². The first kappa shape index (κ1) is 17.1. The summed E-state index contributed by atoms with van der Waals surface area (Å²) >= 11 is 0. The number of benzene rings is 1. The smallest absolute Gasteiger partial charge is 0.243 e. The Morgan fingerprint density at radius 1 is 1.30 bits per heavy atom. The van der Waals surface area contributed by atoms with E-state index in [4.69, 9.17) is 5.73 Å². The van der Waals surface area contributed by atoms with Crippen LogP contribution in [0, 0.1) is 11.7 Å². The van der Waals surface area contributed by atoms with Crippen molar-refractivity contribution >= 4 is 10.0 Å². The molecule has 1 unspecified atom stereocenters. The van der Waals surface area contributed by atoms with Crippen molar-refractivity contribution < 1.29 is 12.8 Å². The topological polar surface area (TPSA) is 72.2 Å². The normalized spacial score (nSPS) is 13.7. The summed E-state index contributed by atoms with van der Waals surface area (Å²) in [4.78, 5) is -0.335. The lowest BCUT2D eigenvalue weighted by Gasteiger charge is -2.22. The Hall–Kier alpha value is -0.980. The third kappa shape index (κ3) is 4.01. The molecule has 114 valence electrons. The first-order valence-corrected chi connectivity index (χ1v) is 8.34. The van der Waals surface area contributed by atoms with Gasteiger partial charge in [-0.2, -0.15) is 0 Å². The standard InChI is InChI=1S/C14H23FN2O2S/c1-4-12(5-2)10(3)17-20(18,19)14-8-11(9-16)6-7-13(14)15/h6-8,10,12,17H,4-5,9,16H2,1-3H3. The molecule has 1 aromatic carbocycles. The summed E-state index contributed by atoms with van der Waals surface area (Å²) in [7, 11) is -3.87. The fourth-order valence-corrected chi connectivity index (χ4v) is 3.72. The van der Waals surface area contributed by atoms with Crippen molar-refractivity contribution in [3.8, 4) is 0 Å². The molecule has 0 fully saturated rings. The van der Waals surface area contributed by atoms with Gasteiger partial charge >= 0.3 is 0 Å². The summed E-state index contributed by atoms with van der Waals surface area (Å²) in [5.74, 6) is -0.531. The Labute approximate surface area is 120 Å². The maximum absolute atomic E-state index is 13.8. The van der Waals surface area contributed by atoms with Gasteiger partial charge in [-0.15, -0.1) is 0 Å². The molecule has 3 N–H and O–H groups in total. The molecule has 0 aliphatic heterocycles. The van der Waals surface area contributed by atoms with Gasteiger partial charge in [0.2, 0.25) is 10.0 Å². The maximum atomic E-state index is 13.8. The molecule has 0 aliphatic rings. The molecule has 0 saturated carbocycles. The maximum Gasteiger partial charge on any atom is 0.243 e. The third-order valence-electron chi connectivity index (χ3n) is 3.62. The summed E-state index contributed by atoms with van der Waals surface area (Å²) in [5, 5.41) is 0. The molecule has 0 radical (unpaired) electrons. The second kappa shape index (κ2) is 7.15. The van der Waals surface area contributed by atoms with Gasteiger partial charge in [0.1, 0.15) is 10.7 Å². The Morgan fingerprint density at radius 2 is 1.90 bits per heavy atom. The van der Waals surface area contributed by atoms with E-state index < -0.39 is 15.8 Å². The van der Waals surface area contributed by atoms with E-state index in [1.165, 1.54) is 12.1 Å². The minimum atomic E-state index is -3.87. The molecular weight excluding hydrogens is 279 g/mol. The lowest BCUT2D eigenvalue weighted by atomic mass is 9.96. The van der Waals surface area contributed by atoms with Gasteiger partial charge in [0.05, 0.1) is 0 Å². The van der Waals surface area contributed by atoms with Crippen LogP contribution in [0.5, 0.6) is 0 Å². The molecule has 4 nitrogen and oxygen atoms in total. The van der Waals surface area contributed by atoms with Gasteiger partial charge in [-0.3, -0.25) is 0 Å². The molecule has 1 rings (SSSR count). The zero-order chi connectivity index (χ0) is 15.3. The molecule has 1 atom stereocenters. The SMILES string of the molecule is CCC(CC)C(C)NS(=O)(=O)c1cc(CN)ccc1F. The summed E-state index contributed by atoms with van der Waals surface area (Å²) in [6, 6.07) is 3.67. The summed E-state index contributed by atoms with van der Waals surface area (Å²) in [6.07, 6.45) is 1.73. The predicted molar refractivity (Wildman–Crippen MR) is 78.1 cm³/mol. The monoisotopic (exact) mass is 302 g/mol. The molecule has 1 aromatic rings. The van der Waals surface area contributed by atoms with Crippen LogP contribution in [0.25, 0.3) is 0 Å². The Morgan fingerprint density at radius 3 is 2.40 bits per heavy atom. The minimum absolute atomic E-state index is 0.172. The predicted octanol–water partition coefficient (Wildman–Crippen LogP) is 2.39. The van der Waals surface area contributed by atoms with Crippen molar-refractivity contribution in [1.29, 1.82) is 0 Å². The number of hydrogen-bond acceptors (Lipinski definition) is 3. The quantitative estimate of drug-likeness (QED) is 0.812. The van der Waals surface area contributed by atoms with E-state index in [9.17, 15) is 12.8 Å². The highest BCUT2D eigenvalue weighted by atomic mass is 32.2. The highest BCUT2D eigenvalue weighted by Gasteiger charge is 2.24. The Bertz CT molecular complexity index is 542. The number of nitrogens with one attached hydrogen (secondary N) is 1. The molecule has 0 bridgehead atoms. The van der Waals surface area contributed by atoms with Crippen molar-refractivity contribution in [1.82, 2.24) is 4.72 Å².